The molecule has 0 N–H and O–H groups in total. The fraction of sp³-hybridized carbons (Fsp3) is 0.188. The molecule has 0 saturated heterocycles. The third-order valence-corrected chi connectivity index (χ3v) is 4.67. The lowest BCUT2D eigenvalue weighted by Crippen LogP contribution is -2.03. The fourth-order valence-corrected chi connectivity index (χ4v) is 3.81. The Bertz CT molecular complexity index is 811. The van der Waals surface area contributed by atoms with Crippen molar-refractivity contribution in [3.8, 4) is 5.69 Å². The van der Waals surface area contributed by atoms with Crippen LogP contribution in [-0.2, 0) is 6.42 Å². The molecular weight excluding hydrogens is 415 g/mol. The largest absolute Gasteiger partial charge is 0.295 e. The predicted molar refractivity (Wildman–Crippen MR) is 95.6 cm³/mol. The van der Waals surface area contributed by atoms with Gasteiger partial charge in [-0.15, -0.1) is 11.6 Å². The number of nitrogens with zero attached hydrogens (tertiary/aromatic N) is 2. The van der Waals surface area contributed by atoms with Crippen LogP contribution in [0.25, 0.3) is 16.7 Å². The number of benzene rings is 2. The lowest BCUT2D eigenvalue weighted by molar-refractivity contribution is 0.909. The number of alkyl halides is 1. The van der Waals surface area contributed by atoms with Crippen molar-refractivity contribution >= 4 is 54.5 Å². The molecule has 0 atom stereocenters. The molecule has 2 nitrogen and oxygen atoms in total. The molecule has 1 aromatic heterocycles. The zero-order chi connectivity index (χ0) is 15.0. The molecule has 0 bridgehead atoms. The SMILES string of the molecule is Cc1ccc2nc(CCCl)n(-c3ccc(Br)cc3Br)c2c1. The van der Waals surface area contributed by atoms with Gasteiger partial charge in [0.15, 0.2) is 0 Å². The van der Waals surface area contributed by atoms with Gasteiger partial charge in [0.25, 0.3) is 0 Å². The first-order valence-electron chi connectivity index (χ1n) is 6.59. The van der Waals surface area contributed by atoms with E-state index in [4.69, 9.17) is 16.6 Å². The van der Waals surface area contributed by atoms with Crippen molar-refractivity contribution in [1.82, 2.24) is 9.55 Å². The van der Waals surface area contributed by atoms with Crippen LogP contribution >= 0.6 is 43.5 Å². The highest BCUT2D eigenvalue weighted by molar-refractivity contribution is 9.11. The second-order valence-electron chi connectivity index (χ2n) is 4.89. The average molecular weight is 429 g/mol. The van der Waals surface area contributed by atoms with Crippen molar-refractivity contribution in [1.29, 1.82) is 0 Å². The lowest BCUT2D eigenvalue weighted by atomic mass is 10.2. The van der Waals surface area contributed by atoms with Crippen molar-refractivity contribution in [2.45, 2.75) is 13.3 Å². The Morgan fingerprint density at radius 3 is 2.67 bits per heavy atom. The van der Waals surface area contributed by atoms with Gasteiger partial charge < -0.3 is 0 Å². The molecule has 3 aromatic rings. The van der Waals surface area contributed by atoms with E-state index < -0.39 is 0 Å². The lowest BCUT2D eigenvalue weighted by Gasteiger charge is -2.11. The minimum Gasteiger partial charge on any atom is -0.295 e. The van der Waals surface area contributed by atoms with Crippen LogP contribution in [0, 0.1) is 6.92 Å². The molecule has 0 aliphatic rings. The van der Waals surface area contributed by atoms with Crippen LogP contribution in [0.15, 0.2) is 45.3 Å². The smallest absolute Gasteiger partial charge is 0.115 e. The van der Waals surface area contributed by atoms with Crippen LogP contribution < -0.4 is 0 Å². The first kappa shape index (κ1) is 15.1. The van der Waals surface area contributed by atoms with Crippen molar-refractivity contribution in [3.05, 3.63) is 56.7 Å². The topological polar surface area (TPSA) is 17.8 Å². The highest BCUT2D eigenvalue weighted by atomic mass is 79.9. The van der Waals surface area contributed by atoms with Crippen LogP contribution in [0.1, 0.15) is 11.4 Å². The van der Waals surface area contributed by atoms with E-state index in [9.17, 15) is 0 Å². The third kappa shape index (κ3) is 2.89. The van der Waals surface area contributed by atoms with Gasteiger partial charge in [0.05, 0.1) is 16.7 Å². The van der Waals surface area contributed by atoms with E-state index in [0.717, 1.165) is 37.9 Å². The summed E-state index contributed by atoms with van der Waals surface area (Å²) < 4.78 is 4.24. The van der Waals surface area contributed by atoms with Gasteiger partial charge in [-0.1, -0.05) is 22.0 Å². The molecule has 5 heteroatoms. The molecule has 0 unspecified atom stereocenters. The summed E-state index contributed by atoms with van der Waals surface area (Å²) in [5.74, 6) is 1.53. The number of imidazole rings is 1. The summed E-state index contributed by atoms with van der Waals surface area (Å²) in [6, 6.07) is 12.5. The minimum absolute atomic E-state index is 0.552. The first-order chi connectivity index (χ1) is 10.1. The van der Waals surface area contributed by atoms with Crippen molar-refractivity contribution in [2.75, 3.05) is 5.88 Å². The molecule has 0 amide bonds. The molecular formula is C16H13Br2ClN2. The maximum Gasteiger partial charge on any atom is 0.115 e. The number of halogens is 3. The summed E-state index contributed by atoms with van der Waals surface area (Å²) in [5.41, 5.74) is 4.40. The Morgan fingerprint density at radius 2 is 1.95 bits per heavy atom. The summed E-state index contributed by atoms with van der Waals surface area (Å²) in [7, 11) is 0. The maximum absolute atomic E-state index is 5.95. The Morgan fingerprint density at radius 1 is 1.14 bits per heavy atom. The number of rotatable bonds is 3. The normalized spacial score (nSPS) is 11.2. The van der Waals surface area contributed by atoms with Crippen LogP contribution in [0.4, 0.5) is 0 Å². The Kier molecular flexibility index (Phi) is 4.38. The molecule has 0 aliphatic heterocycles. The van der Waals surface area contributed by atoms with E-state index >= 15 is 0 Å². The van der Waals surface area contributed by atoms with Crippen molar-refractivity contribution in [2.24, 2.45) is 0 Å². The predicted octanol–water partition coefficient (Wildman–Crippen LogP) is 5.64. The first-order valence-corrected chi connectivity index (χ1v) is 8.71. The van der Waals surface area contributed by atoms with Gasteiger partial charge in [-0.3, -0.25) is 4.57 Å². The fourth-order valence-electron chi connectivity index (χ4n) is 2.42. The quantitative estimate of drug-likeness (QED) is 0.494. The third-order valence-electron chi connectivity index (χ3n) is 3.35. The highest BCUT2D eigenvalue weighted by Crippen LogP contribution is 2.30. The van der Waals surface area contributed by atoms with Crippen molar-refractivity contribution in [3.63, 3.8) is 0 Å². The average Bonchev–Trinajstić information content (AvgIpc) is 2.77. The number of aromatic nitrogens is 2. The van der Waals surface area contributed by atoms with Crippen LogP contribution in [0.5, 0.6) is 0 Å². The molecule has 0 spiro atoms. The van der Waals surface area contributed by atoms with Crippen molar-refractivity contribution < 1.29 is 0 Å². The summed E-state index contributed by atoms with van der Waals surface area (Å²) in [5, 5.41) is 0. The molecule has 3 rings (SSSR count). The zero-order valence-electron chi connectivity index (χ0n) is 11.4. The Labute approximate surface area is 145 Å². The zero-order valence-corrected chi connectivity index (χ0v) is 15.3. The van der Waals surface area contributed by atoms with E-state index in [-0.39, 0.29) is 0 Å². The number of aryl methyl sites for hydroxylation is 2. The van der Waals surface area contributed by atoms with Crippen LogP contribution in [0.3, 0.4) is 0 Å². The molecule has 0 fully saturated rings. The maximum atomic E-state index is 5.95. The van der Waals surface area contributed by atoms with E-state index in [2.05, 4.69) is 67.6 Å². The van der Waals surface area contributed by atoms with Crippen LogP contribution in [0.2, 0.25) is 0 Å². The molecule has 0 saturated carbocycles. The van der Waals surface area contributed by atoms with Gasteiger partial charge in [-0.25, -0.2) is 4.98 Å². The molecule has 21 heavy (non-hydrogen) atoms. The van der Waals surface area contributed by atoms with Gasteiger partial charge in [0.2, 0.25) is 0 Å². The highest BCUT2D eigenvalue weighted by Gasteiger charge is 2.14. The second kappa shape index (κ2) is 6.11. The van der Waals surface area contributed by atoms with Gasteiger partial charge in [-0.2, -0.15) is 0 Å². The molecule has 2 aromatic carbocycles. The summed E-state index contributed by atoms with van der Waals surface area (Å²) in [4.78, 5) is 4.73. The minimum atomic E-state index is 0.552. The number of fused-ring (bicyclic) bond motifs is 1. The summed E-state index contributed by atoms with van der Waals surface area (Å²) in [6.45, 7) is 2.09. The van der Waals surface area contributed by atoms with Gasteiger partial charge in [-0.05, 0) is 58.7 Å². The van der Waals surface area contributed by atoms with Gasteiger partial charge >= 0.3 is 0 Å². The van der Waals surface area contributed by atoms with Gasteiger partial charge in [0.1, 0.15) is 5.82 Å². The molecule has 1 heterocycles. The number of hydrogen-bond acceptors (Lipinski definition) is 1. The standard InChI is InChI=1S/C16H13Br2ClN2/c1-10-2-4-13-15(8-10)21(16(20-13)6-7-19)14-5-3-11(17)9-12(14)18/h2-5,8-9H,6-7H2,1H3. The summed E-state index contributed by atoms with van der Waals surface area (Å²) >= 11 is 13.1. The monoisotopic (exact) mass is 426 g/mol. The second-order valence-corrected chi connectivity index (χ2v) is 7.04. The molecule has 0 aliphatic carbocycles. The van der Waals surface area contributed by atoms with Crippen LogP contribution in [-0.4, -0.2) is 15.4 Å². The Balaban J connectivity index is 2.32. The number of hydrogen-bond donors (Lipinski definition) is 0. The van der Waals surface area contributed by atoms with E-state index in [0.29, 0.717) is 5.88 Å². The molecule has 0 radical (unpaired) electrons. The van der Waals surface area contributed by atoms with E-state index in [1.54, 1.807) is 0 Å². The Hall–Kier alpha value is -0.840. The van der Waals surface area contributed by atoms with E-state index in [1.165, 1.54) is 5.56 Å². The van der Waals surface area contributed by atoms with Gasteiger partial charge in [0, 0.05) is 21.2 Å². The molecule has 108 valence electrons. The van der Waals surface area contributed by atoms with E-state index in [1.807, 2.05) is 12.1 Å². The summed E-state index contributed by atoms with van der Waals surface area (Å²) in [6.07, 6.45) is 0.734.